The van der Waals surface area contributed by atoms with Crippen molar-refractivity contribution in [2.24, 2.45) is 5.92 Å². The summed E-state index contributed by atoms with van der Waals surface area (Å²) >= 11 is 3.36. The smallest absolute Gasteiger partial charge is 0.410 e. The average Bonchev–Trinajstić information content (AvgIpc) is 2.08. The highest BCUT2D eigenvalue weighted by Gasteiger charge is 2.21. The van der Waals surface area contributed by atoms with Crippen molar-refractivity contribution < 1.29 is 9.53 Å². The summed E-state index contributed by atoms with van der Waals surface area (Å²) in [6.07, 6.45) is 0.791. The Morgan fingerprint density at radius 3 is 2.25 bits per heavy atom. The molecule has 16 heavy (non-hydrogen) atoms. The van der Waals surface area contributed by atoms with E-state index >= 15 is 0 Å². The van der Waals surface area contributed by atoms with Gasteiger partial charge in [0.25, 0.3) is 0 Å². The van der Waals surface area contributed by atoms with Gasteiger partial charge in [0.2, 0.25) is 0 Å². The van der Waals surface area contributed by atoms with Gasteiger partial charge in [-0.15, -0.1) is 0 Å². The Kier molecular flexibility index (Phi) is 7.04. The molecule has 1 amide bonds. The van der Waals surface area contributed by atoms with Gasteiger partial charge in [0.15, 0.2) is 0 Å². The van der Waals surface area contributed by atoms with E-state index in [4.69, 9.17) is 4.74 Å². The van der Waals surface area contributed by atoms with Crippen molar-refractivity contribution in [2.75, 3.05) is 18.4 Å². The van der Waals surface area contributed by atoms with Crippen molar-refractivity contribution in [1.29, 1.82) is 0 Å². The Labute approximate surface area is 108 Å². The molecule has 0 spiro atoms. The summed E-state index contributed by atoms with van der Waals surface area (Å²) < 4.78 is 5.35. The number of nitrogens with zero attached hydrogens (tertiary/aromatic N) is 1. The summed E-state index contributed by atoms with van der Waals surface area (Å²) in [6, 6.07) is 0. The maximum atomic E-state index is 11.8. The van der Waals surface area contributed by atoms with Crippen molar-refractivity contribution in [2.45, 2.75) is 46.6 Å². The lowest BCUT2D eigenvalue weighted by Gasteiger charge is -2.27. The van der Waals surface area contributed by atoms with E-state index in [1.54, 1.807) is 4.90 Å². The maximum Gasteiger partial charge on any atom is 0.410 e. The number of amides is 1. The third-order valence-corrected chi connectivity index (χ3v) is 2.34. The number of carbonyl (C=O) groups excluding carboxylic acids is 1. The molecule has 0 aromatic heterocycles. The molecule has 0 aromatic rings. The van der Waals surface area contributed by atoms with E-state index < -0.39 is 5.60 Å². The predicted molar refractivity (Wildman–Crippen MR) is 71.1 cm³/mol. The van der Waals surface area contributed by atoms with Gasteiger partial charge in [0.1, 0.15) is 5.60 Å². The van der Waals surface area contributed by atoms with E-state index in [9.17, 15) is 4.79 Å². The minimum absolute atomic E-state index is 0.215. The van der Waals surface area contributed by atoms with E-state index in [0.717, 1.165) is 18.3 Å². The van der Waals surface area contributed by atoms with Crippen LogP contribution in [0.3, 0.4) is 0 Å². The highest BCUT2D eigenvalue weighted by atomic mass is 79.9. The fourth-order valence-corrected chi connectivity index (χ4v) is 1.57. The molecule has 0 rings (SSSR count). The first-order valence-electron chi connectivity index (χ1n) is 5.80. The van der Waals surface area contributed by atoms with Gasteiger partial charge in [-0.2, -0.15) is 0 Å². The van der Waals surface area contributed by atoms with Gasteiger partial charge in [0.05, 0.1) is 0 Å². The summed E-state index contributed by atoms with van der Waals surface area (Å²) in [5.74, 6) is 0.597. The third kappa shape index (κ3) is 7.97. The third-order valence-electron chi connectivity index (χ3n) is 1.98. The van der Waals surface area contributed by atoms with Gasteiger partial charge in [0, 0.05) is 18.4 Å². The van der Waals surface area contributed by atoms with Gasteiger partial charge in [-0.25, -0.2) is 4.79 Å². The molecule has 0 N–H and O–H groups in total. The zero-order valence-electron chi connectivity index (χ0n) is 11.0. The van der Waals surface area contributed by atoms with E-state index in [0.29, 0.717) is 12.5 Å². The second-order valence-corrected chi connectivity index (χ2v) is 6.13. The average molecular weight is 294 g/mol. The molecule has 0 aliphatic carbocycles. The van der Waals surface area contributed by atoms with Crippen molar-refractivity contribution in [3.63, 3.8) is 0 Å². The molecular formula is C12H24BrNO2. The van der Waals surface area contributed by atoms with Crippen LogP contribution in [-0.2, 0) is 4.74 Å². The summed E-state index contributed by atoms with van der Waals surface area (Å²) in [5.41, 5.74) is -0.417. The quantitative estimate of drug-likeness (QED) is 0.724. The minimum Gasteiger partial charge on any atom is -0.444 e. The van der Waals surface area contributed by atoms with Crippen molar-refractivity contribution >= 4 is 22.0 Å². The van der Waals surface area contributed by atoms with E-state index in [-0.39, 0.29) is 6.09 Å². The Morgan fingerprint density at radius 2 is 1.88 bits per heavy atom. The summed E-state index contributed by atoms with van der Waals surface area (Å²) in [4.78, 5) is 13.6. The Balaban J connectivity index is 4.23. The fraction of sp³-hybridized carbons (Fsp3) is 0.917. The van der Waals surface area contributed by atoms with Crippen LogP contribution in [0.4, 0.5) is 4.79 Å². The molecule has 0 bridgehead atoms. The number of carbonyl (C=O) groups is 1. The number of alkyl halides is 1. The number of hydrogen-bond acceptors (Lipinski definition) is 2. The molecule has 0 heterocycles. The van der Waals surface area contributed by atoms with Gasteiger partial charge < -0.3 is 9.64 Å². The Hall–Kier alpha value is -0.250. The zero-order chi connectivity index (χ0) is 12.8. The number of ether oxygens (including phenoxy) is 1. The topological polar surface area (TPSA) is 29.5 Å². The lowest BCUT2D eigenvalue weighted by molar-refractivity contribution is 0.0255. The van der Waals surface area contributed by atoms with Crippen molar-refractivity contribution in [3.8, 4) is 0 Å². The van der Waals surface area contributed by atoms with Crippen LogP contribution in [0.5, 0.6) is 0 Å². The molecule has 0 fully saturated rings. The summed E-state index contributed by atoms with van der Waals surface area (Å²) in [7, 11) is 0. The van der Waals surface area contributed by atoms with Gasteiger partial charge in [-0.3, -0.25) is 0 Å². The first-order valence-corrected chi connectivity index (χ1v) is 6.92. The number of hydrogen-bond donors (Lipinski definition) is 0. The van der Waals surface area contributed by atoms with Crippen LogP contribution in [0.25, 0.3) is 0 Å². The predicted octanol–water partition coefficient (Wildman–Crippen LogP) is 3.66. The van der Waals surface area contributed by atoms with Crippen LogP contribution >= 0.6 is 15.9 Å². The molecule has 96 valence electrons. The largest absolute Gasteiger partial charge is 0.444 e. The van der Waals surface area contributed by atoms with Gasteiger partial charge >= 0.3 is 6.09 Å². The first-order chi connectivity index (χ1) is 7.26. The molecule has 0 atom stereocenters. The molecule has 0 aliphatic heterocycles. The SMILES string of the molecule is CC(C)CCN(CCBr)C(=O)OC(C)(C)C. The van der Waals surface area contributed by atoms with Crippen LogP contribution in [0, 0.1) is 5.92 Å². The standard InChI is InChI=1S/C12H24BrNO2/c1-10(2)6-8-14(9-7-13)11(15)16-12(3,4)5/h10H,6-9H2,1-5H3. The molecule has 0 saturated heterocycles. The second-order valence-electron chi connectivity index (χ2n) is 5.34. The van der Waals surface area contributed by atoms with E-state index in [1.807, 2.05) is 20.8 Å². The monoisotopic (exact) mass is 293 g/mol. The van der Waals surface area contributed by atoms with Gasteiger partial charge in [-0.05, 0) is 33.1 Å². The zero-order valence-corrected chi connectivity index (χ0v) is 12.6. The fourth-order valence-electron chi connectivity index (χ4n) is 1.14. The molecule has 0 aromatic carbocycles. The summed E-state index contributed by atoms with van der Waals surface area (Å²) in [6.45, 7) is 11.4. The van der Waals surface area contributed by atoms with Gasteiger partial charge in [-0.1, -0.05) is 29.8 Å². The number of rotatable bonds is 5. The molecule has 0 saturated carbocycles. The molecule has 0 unspecified atom stereocenters. The molecular weight excluding hydrogens is 270 g/mol. The normalized spacial score (nSPS) is 11.7. The highest BCUT2D eigenvalue weighted by molar-refractivity contribution is 9.09. The van der Waals surface area contributed by atoms with Crippen LogP contribution in [-0.4, -0.2) is 35.0 Å². The number of halogens is 1. The summed E-state index contributed by atoms with van der Waals surface area (Å²) in [5, 5.41) is 0.782. The molecule has 4 heteroatoms. The van der Waals surface area contributed by atoms with Crippen molar-refractivity contribution in [3.05, 3.63) is 0 Å². The van der Waals surface area contributed by atoms with Crippen LogP contribution in [0.2, 0.25) is 0 Å². The molecule has 0 radical (unpaired) electrons. The van der Waals surface area contributed by atoms with Crippen LogP contribution in [0.1, 0.15) is 41.0 Å². The maximum absolute atomic E-state index is 11.8. The Morgan fingerprint density at radius 1 is 1.31 bits per heavy atom. The second kappa shape index (κ2) is 7.15. The molecule has 3 nitrogen and oxygen atoms in total. The molecule has 0 aliphatic rings. The first kappa shape index (κ1) is 15.8. The lowest BCUT2D eigenvalue weighted by Crippen LogP contribution is -2.38. The van der Waals surface area contributed by atoms with Crippen molar-refractivity contribution in [1.82, 2.24) is 4.90 Å². The van der Waals surface area contributed by atoms with E-state index in [1.165, 1.54) is 0 Å². The van der Waals surface area contributed by atoms with Crippen LogP contribution < -0.4 is 0 Å². The minimum atomic E-state index is -0.417. The van der Waals surface area contributed by atoms with E-state index in [2.05, 4.69) is 29.8 Å². The lowest BCUT2D eigenvalue weighted by atomic mass is 10.1. The van der Waals surface area contributed by atoms with Crippen LogP contribution in [0.15, 0.2) is 0 Å². The Bertz CT molecular complexity index is 212. The highest BCUT2D eigenvalue weighted by Crippen LogP contribution is 2.11.